The second-order valence-corrected chi connectivity index (χ2v) is 2.48. The molecule has 122 valence electrons. The van der Waals surface area contributed by atoms with E-state index in [0.29, 0.717) is 0 Å². The fraction of sp³-hybridized carbons (Fsp3) is 0.500. The van der Waals surface area contributed by atoms with Gasteiger partial charge in [0.25, 0.3) is 0 Å². The normalized spacial score (nSPS) is 7.42. The minimum atomic E-state index is -2.74. The van der Waals surface area contributed by atoms with Crippen LogP contribution in [0.3, 0.4) is 0 Å². The van der Waals surface area contributed by atoms with Crippen molar-refractivity contribution in [1.82, 2.24) is 6.15 Å². The van der Waals surface area contributed by atoms with Crippen molar-refractivity contribution < 1.29 is 73.8 Å². The van der Waals surface area contributed by atoms with Crippen LogP contribution in [0.1, 0.15) is 12.8 Å². The first-order valence-electron chi connectivity index (χ1n) is 3.17. The Balaban J connectivity index is -0.0000000480. The molecule has 0 aliphatic heterocycles. The summed E-state index contributed by atoms with van der Waals surface area (Å²) in [5, 5.41) is 33.8. The van der Waals surface area contributed by atoms with E-state index in [-0.39, 0.29) is 45.1 Å². The van der Waals surface area contributed by atoms with Gasteiger partial charge in [0.1, 0.15) is 0 Å². The zero-order valence-electron chi connectivity index (χ0n) is 9.49. The number of carbonyl (C=O) groups is 3. The van der Waals surface area contributed by atoms with Crippen LogP contribution in [0, 0.1) is 0 Å². The van der Waals surface area contributed by atoms with E-state index in [1.807, 2.05) is 0 Å². The van der Waals surface area contributed by atoms with Gasteiger partial charge in [0.2, 0.25) is 0 Å². The van der Waals surface area contributed by atoms with Crippen molar-refractivity contribution in [2.24, 2.45) is 0 Å². The molecule has 0 spiro atoms. The van der Waals surface area contributed by atoms with Gasteiger partial charge in [-0.1, -0.05) is 0 Å². The van der Waals surface area contributed by atoms with E-state index >= 15 is 0 Å². The Morgan fingerprint density at radius 2 is 1.00 bits per heavy atom. The Bertz CT molecular complexity index is 242. The fourth-order valence-electron chi connectivity index (χ4n) is 0.714. The maximum atomic E-state index is 10.3. The first-order chi connectivity index (χ1) is 5.78. The number of hydrogen-bond acceptors (Lipinski definition) is 5. The second kappa shape index (κ2) is 16.7. The number of carboxylic acid groups (broad SMARTS) is 3. The van der Waals surface area contributed by atoms with Gasteiger partial charge >= 0.3 is 17.9 Å². The third-order valence-electron chi connectivity index (χ3n) is 1.29. The molecular weight excluding hydrogens is 318 g/mol. The van der Waals surface area contributed by atoms with Crippen LogP contribution >= 0.6 is 0 Å². The molecule has 19 heavy (non-hydrogen) atoms. The van der Waals surface area contributed by atoms with E-state index in [9.17, 15) is 14.4 Å². The summed E-state index contributed by atoms with van der Waals surface area (Å²) in [6.45, 7) is 0. The molecule has 0 radical (unpaired) electrons. The van der Waals surface area contributed by atoms with E-state index in [1.165, 1.54) is 0 Å². The number of rotatable bonds is 5. The molecule has 0 aliphatic carbocycles. The van der Waals surface area contributed by atoms with Crippen LogP contribution in [0.5, 0.6) is 0 Å². The van der Waals surface area contributed by atoms with Crippen LogP contribution < -0.4 is 6.15 Å². The molecule has 0 rings (SSSR count). The Morgan fingerprint density at radius 3 is 1.11 bits per heavy atom. The number of aliphatic carboxylic acids is 3. The van der Waals surface area contributed by atoms with Gasteiger partial charge < -0.3 is 48.5 Å². The van der Waals surface area contributed by atoms with Gasteiger partial charge in [0, 0.05) is 17.1 Å². The fourth-order valence-corrected chi connectivity index (χ4v) is 0.714. The Morgan fingerprint density at radius 1 is 0.789 bits per heavy atom. The Kier molecular flexibility index (Phi) is 37.9. The van der Waals surface area contributed by atoms with Crippen molar-refractivity contribution in [2.45, 2.75) is 18.4 Å². The third-order valence-corrected chi connectivity index (χ3v) is 1.29. The van der Waals surface area contributed by atoms with Crippen molar-refractivity contribution >= 4 is 17.9 Å². The molecule has 0 atom stereocenters. The average molecular weight is 337 g/mol. The summed E-state index contributed by atoms with van der Waals surface area (Å²) in [7, 11) is 0. The SMILES string of the molecule is N.O.O.O.O.O=C(O)CC(O)(CC(=O)O)C(=O)O.[Fe]. The van der Waals surface area contributed by atoms with E-state index in [2.05, 4.69) is 0 Å². The van der Waals surface area contributed by atoms with Gasteiger partial charge in [-0.25, -0.2) is 4.79 Å². The standard InChI is InChI=1S/C6H8O7.Fe.H3N.4H2O/c7-3(8)1-6(13,5(11)12)2-4(9)10;;;;;;/h13H,1-2H2,(H,7,8)(H,9,10)(H,11,12);;1H3;4*1H2. The zero-order chi connectivity index (χ0) is 10.6. The molecule has 0 saturated carbocycles. The Hall–Kier alpha value is -1.31. The molecule has 0 saturated heterocycles. The maximum Gasteiger partial charge on any atom is 0.336 e. The molecule has 0 aromatic rings. The summed E-state index contributed by atoms with van der Waals surface area (Å²) in [4.78, 5) is 30.5. The van der Waals surface area contributed by atoms with Gasteiger partial charge in [-0.05, 0) is 0 Å². The van der Waals surface area contributed by atoms with Crippen LogP contribution in [-0.4, -0.2) is 65.8 Å². The van der Waals surface area contributed by atoms with Crippen LogP contribution in [-0.2, 0) is 31.5 Å². The molecule has 12 nitrogen and oxygen atoms in total. The van der Waals surface area contributed by atoms with Crippen LogP contribution in [0.2, 0.25) is 0 Å². The summed E-state index contributed by atoms with van der Waals surface area (Å²) in [6.07, 6.45) is -2.29. The molecular formula is C6H19FeNO11. The quantitative estimate of drug-likeness (QED) is 0.304. The predicted octanol–water partition coefficient (Wildman–Crippen LogP) is -4.39. The summed E-state index contributed by atoms with van der Waals surface area (Å²) >= 11 is 0. The van der Waals surface area contributed by atoms with Gasteiger partial charge in [-0.2, -0.15) is 0 Å². The van der Waals surface area contributed by atoms with Crippen molar-refractivity contribution in [2.75, 3.05) is 0 Å². The molecule has 0 aromatic heterocycles. The van der Waals surface area contributed by atoms with Crippen molar-refractivity contribution in [3.05, 3.63) is 0 Å². The third kappa shape index (κ3) is 16.7. The topological polar surface area (TPSA) is 293 Å². The van der Waals surface area contributed by atoms with Crippen LogP contribution in [0.4, 0.5) is 0 Å². The van der Waals surface area contributed by atoms with E-state index < -0.39 is 36.4 Å². The molecule has 0 heterocycles. The van der Waals surface area contributed by atoms with Crippen LogP contribution in [0.25, 0.3) is 0 Å². The number of carboxylic acids is 3. The van der Waals surface area contributed by atoms with Gasteiger partial charge in [-0.15, -0.1) is 0 Å². The summed E-state index contributed by atoms with van der Waals surface area (Å²) < 4.78 is 0. The smallest absolute Gasteiger partial charge is 0.336 e. The summed E-state index contributed by atoms with van der Waals surface area (Å²) in [5.41, 5.74) is -2.74. The molecule has 13 heteroatoms. The molecule has 0 amide bonds. The second-order valence-electron chi connectivity index (χ2n) is 2.48. The monoisotopic (exact) mass is 337 g/mol. The molecule has 0 aromatic carbocycles. The molecule has 15 N–H and O–H groups in total. The summed E-state index contributed by atoms with van der Waals surface area (Å²) in [5.74, 6) is -5.02. The van der Waals surface area contributed by atoms with Crippen molar-refractivity contribution in [3.8, 4) is 0 Å². The van der Waals surface area contributed by atoms with E-state index in [4.69, 9.17) is 20.4 Å². The zero-order valence-corrected chi connectivity index (χ0v) is 10.6. The molecule has 0 fully saturated rings. The van der Waals surface area contributed by atoms with E-state index in [1.54, 1.807) is 0 Å². The molecule has 0 aliphatic rings. The maximum absolute atomic E-state index is 10.3. The Labute approximate surface area is 117 Å². The molecule has 0 bridgehead atoms. The predicted molar refractivity (Wildman–Crippen MR) is 56.6 cm³/mol. The largest absolute Gasteiger partial charge is 0.481 e. The molecule has 0 unspecified atom stereocenters. The van der Waals surface area contributed by atoms with Crippen molar-refractivity contribution in [3.63, 3.8) is 0 Å². The number of hydrogen-bond donors (Lipinski definition) is 5. The number of aliphatic hydroxyl groups is 1. The summed E-state index contributed by atoms with van der Waals surface area (Å²) in [6, 6.07) is 0. The first kappa shape index (κ1) is 43.1. The minimum Gasteiger partial charge on any atom is -0.481 e. The van der Waals surface area contributed by atoms with Gasteiger partial charge in [0.05, 0.1) is 12.8 Å². The van der Waals surface area contributed by atoms with Crippen LogP contribution in [0.15, 0.2) is 0 Å². The van der Waals surface area contributed by atoms with Crippen molar-refractivity contribution in [1.29, 1.82) is 0 Å². The average Bonchev–Trinajstić information content (AvgIpc) is 1.82. The van der Waals surface area contributed by atoms with Gasteiger partial charge in [-0.3, -0.25) is 9.59 Å². The van der Waals surface area contributed by atoms with E-state index in [0.717, 1.165) is 0 Å². The van der Waals surface area contributed by atoms with Gasteiger partial charge in [0.15, 0.2) is 5.60 Å². The first-order valence-corrected chi connectivity index (χ1v) is 3.17. The minimum absolute atomic E-state index is 0.